The van der Waals surface area contributed by atoms with E-state index in [4.69, 9.17) is 0 Å². The Morgan fingerprint density at radius 2 is 1.65 bits per heavy atom. The molecule has 0 spiro atoms. The van der Waals surface area contributed by atoms with E-state index in [1.165, 1.54) is 4.31 Å². The van der Waals surface area contributed by atoms with Gasteiger partial charge in [-0.15, -0.1) is 0 Å². The Morgan fingerprint density at radius 3 is 2.15 bits per heavy atom. The van der Waals surface area contributed by atoms with Gasteiger partial charge in [-0.25, -0.2) is 9.97 Å². The van der Waals surface area contributed by atoms with Gasteiger partial charge in [0.15, 0.2) is 0 Å². The molecule has 2 unspecified atom stereocenters. The predicted octanol–water partition coefficient (Wildman–Crippen LogP) is -0.349. The second-order valence-corrected chi connectivity index (χ2v) is 7.72. The van der Waals surface area contributed by atoms with E-state index in [1.807, 2.05) is 0 Å². The van der Waals surface area contributed by atoms with Crippen LogP contribution in [0.4, 0.5) is 5.95 Å². The first-order chi connectivity index (χ1) is 9.48. The van der Waals surface area contributed by atoms with Crippen molar-refractivity contribution in [2.24, 2.45) is 11.8 Å². The highest BCUT2D eigenvalue weighted by Gasteiger charge is 2.44. The third kappa shape index (κ3) is 2.27. The zero-order valence-electron chi connectivity index (χ0n) is 11.7. The molecule has 0 saturated carbocycles. The molecular weight excluding hydrogens is 278 g/mol. The number of rotatable bonds is 3. The summed E-state index contributed by atoms with van der Waals surface area (Å²) in [7, 11) is -0.130. The second-order valence-electron chi connectivity index (χ2n) is 5.58. The van der Waals surface area contributed by atoms with Crippen molar-refractivity contribution in [3.8, 4) is 0 Å². The summed E-state index contributed by atoms with van der Waals surface area (Å²) in [5, 5.41) is 0. The minimum absolute atomic E-state index is 0.369. The van der Waals surface area contributed by atoms with E-state index in [2.05, 4.69) is 14.9 Å². The molecule has 3 heterocycles. The molecule has 2 atom stereocenters. The van der Waals surface area contributed by atoms with Gasteiger partial charge in [0.05, 0.1) is 0 Å². The maximum atomic E-state index is 12.1. The molecule has 2 saturated heterocycles. The lowest BCUT2D eigenvalue weighted by Gasteiger charge is -2.23. The van der Waals surface area contributed by atoms with E-state index >= 15 is 0 Å². The summed E-state index contributed by atoms with van der Waals surface area (Å²) >= 11 is 0. The van der Waals surface area contributed by atoms with E-state index in [1.54, 1.807) is 36.9 Å². The molecule has 0 radical (unpaired) electrons. The van der Waals surface area contributed by atoms with Crippen LogP contribution in [-0.2, 0) is 10.2 Å². The highest BCUT2D eigenvalue weighted by Crippen LogP contribution is 2.34. The quantitative estimate of drug-likeness (QED) is 0.763. The highest BCUT2D eigenvalue weighted by molar-refractivity contribution is 7.86. The number of nitrogens with zero attached hydrogens (tertiary/aromatic N) is 5. The van der Waals surface area contributed by atoms with Gasteiger partial charge in [-0.1, -0.05) is 0 Å². The van der Waals surface area contributed by atoms with E-state index < -0.39 is 10.2 Å². The van der Waals surface area contributed by atoms with Crippen LogP contribution in [0, 0.1) is 11.8 Å². The Balaban J connectivity index is 1.69. The van der Waals surface area contributed by atoms with Crippen LogP contribution in [0.3, 0.4) is 0 Å². The van der Waals surface area contributed by atoms with Crippen molar-refractivity contribution in [3.05, 3.63) is 18.5 Å². The zero-order chi connectivity index (χ0) is 14.3. The molecule has 1 aromatic rings. The van der Waals surface area contributed by atoms with Gasteiger partial charge < -0.3 is 4.90 Å². The lowest BCUT2D eigenvalue weighted by Crippen LogP contribution is -2.40. The minimum Gasteiger partial charge on any atom is -0.340 e. The first kappa shape index (κ1) is 13.7. The standard InChI is InChI=1S/C12H19N5O2S/c1-15(2)20(18,19)17-8-10-6-16(7-11(10)9-17)12-13-4-3-5-14-12/h3-5,10-11H,6-9H2,1-2H3. The van der Waals surface area contributed by atoms with Gasteiger partial charge in [0, 0.05) is 52.7 Å². The largest absolute Gasteiger partial charge is 0.340 e. The Kier molecular flexibility index (Phi) is 3.39. The van der Waals surface area contributed by atoms with E-state index in [0.29, 0.717) is 24.9 Å². The van der Waals surface area contributed by atoms with Crippen molar-refractivity contribution < 1.29 is 8.42 Å². The summed E-state index contributed by atoms with van der Waals surface area (Å²) in [5.41, 5.74) is 0. The summed E-state index contributed by atoms with van der Waals surface area (Å²) < 4.78 is 27.1. The molecule has 2 aliphatic rings. The van der Waals surface area contributed by atoms with Gasteiger partial charge in [0.25, 0.3) is 10.2 Å². The third-order valence-corrected chi connectivity index (χ3v) is 5.95. The summed E-state index contributed by atoms with van der Waals surface area (Å²) in [6.07, 6.45) is 3.47. The Morgan fingerprint density at radius 1 is 1.10 bits per heavy atom. The number of anilines is 1. The Bertz CT molecular complexity index is 563. The average Bonchev–Trinajstić information content (AvgIpc) is 2.97. The normalized spacial score (nSPS) is 27.2. The van der Waals surface area contributed by atoms with E-state index in [9.17, 15) is 8.42 Å². The molecule has 20 heavy (non-hydrogen) atoms. The lowest BCUT2D eigenvalue weighted by molar-refractivity contribution is 0.406. The first-order valence-electron chi connectivity index (χ1n) is 6.68. The first-order valence-corrected chi connectivity index (χ1v) is 8.07. The highest BCUT2D eigenvalue weighted by atomic mass is 32.2. The number of fused-ring (bicyclic) bond motifs is 1. The van der Waals surface area contributed by atoms with E-state index in [-0.39, 0.29) is 0 Å². The van der Waals surface area contributed by atoms with Gasteiger partial charge in [-0.2, -0.15) is 17.0 Å². The van der Waals surface area contributed by atoms with Gasteiger partial charge in [0.1, 0.15) is 0 Å². The molecule has 7 nitrogen and oxygen atoms in total. The number of hydrogen-bond acceptors (Lipinski definition) is 5. The monoisotopic (exact) mass is 297 g/mol. The van der Waals surface area contributed by atoms with Crippen LogP contribution in [0.2, 0.25) is 0 Å². The molecule has 110 valence electrons. The smallest absolute Gasteiger partial charge is 0.281 e. The van der Waals surface area contributed by atoms with Crippen LogP contribution in [0.25, 0.3) is 0 Å². The summed E-state index contributed by atoms with van der Waals surface area (Å²) in [4.78, 5) is 10.7. The molecule has 3 rings (SSSR count). The van der Waals surface area contributed by atoms with E-state index in [0.717, 1.165) is 19.0 Å². The van der Waals surface area contributed by atoms with Crippen LogP contribution in [0.15, 0.2) is 18.5 Å². The van der Waals surface area contributed by atoms with Crippen molar-refractivity contribution >= 4 is 16.2 Å². The topological polar surface area (TPSA) is 69.6 Å². The second kappa shape index (κ2) is 4.94. The molecule has 0 N–H and O–H groups in total. The molecule has 2 aliphatic heterocycles. The van der Waals surface area contributed by atoms with Crippen molar-refractivity contribution in [2.45, 2.75) is 0 Å². The lowest BCUT2D eigenvalue weighted by atomic mass is 10.0. The SMILES string of the molecule is CN(C)S(=O)(=O)N1CC2CN(c3ncccn3)CC2C1. The Hall–Kier alpha value is -1.25. The fourth-order valence-electron chi connectivity index (χ4n) is 2.99. The molecule has 0 amide bonds. The van der Waals surface area contributed by atoms with Gasteiger partial charge >= 0.3 is 0 Å². The van der Waals surface area contributed by atoms with Crippen molar-refractivity contribution in [1.29, 1.82) is 0 Å². The molecular formula is C12H19N5O2S. The molecule has 0 aliphatic carbocycles. The zero-order valence-corrected chi connectivity index (χ0v) is 12.5. The molecule has 0 bridgehead atoms. The van der Waals surface area contributed by atoms with Gasteiger partial charge in [-0.3, -0.25) is 0 Å². The van der Waals surface area contributed by atoms with Crippen LogP contribution >= 0.6 is 0 Å². The summed E-state index contributed by atoms with van der Waals surface area (Å²) in [5.74, 6) is 1.48. The molecule has 1 aromatic heterocycles. The van der Waals surface area contributed by atoms with Crippen LogP contribution in [0.1, 0.15) is 0 Å². The predicted molar refractivity (Wildman–Crippen MR) is 75.4 cm³/mol. The Labute approximate surface area is 119 Å². The third-order valence-electron chi connectivity index (χ3n) is 4.08. The molecule has 2 fully saturated rings. The van der Waals surface area contributed by atoms with Crippen LogP contribution in [0.5, 0.6) is 0 Å². The maximum absolute atomic E-state index is 12.1. The van der Waals surface area contributed by atoms with Crippen molar-refractivity contribution in [2.75, 3.05) is 45.2 Å². The number of aromatic nitrogens is 2. The fourth-order valence-corrected chi connectivity index (χ4v) is 4.21. The maximum Gasteiger partial charge on any atom is 0.281 e. The summed E-state index contributed by atoms with van der Waals surface area (Å²) in [6, 6.07) is 1.80. The number of hydrogen-bond donors (Lipinski definition) is 0. The van der Waals surface area contributed by atoms with Crippen molar-refractivity contribution in [1.82, 2.24) is 18.6 Å². The molecule has 0 aromatic carbocycles. The van der Waals surface area contributed by atoms with Crippen LogP contribution in [-0.4, -0.2) is 67.3 Å². The van der Waals surface area contributed by atoms with Crippen molar-refractivity contribution in [3.63, 3.8) is 0 Å². The fraction of sp³-hybridized carbons (Fsp3) is 0.667. The van der Waals surface area contributed by atoms with Gasteiger partial charge in [0.2, 0.25) is 5.95 Å². The van der Waals surface area contributed by atoms with Gasteiger partial charge in [-0.05, 0) is 17.9 Å². The molecule has 8 heteroatoms. The summed E-state index contributed by atoms with van der Waals surface area (Å²) in [6.45, 7) is 2.84. The minimum atomic E-state index is -3.28. The average molecular weight is 297 g/mol. The van der Waals surface area contributed by atoms with Crippen LogP contribution < -0.4 is 4.90 Å².